The third-order valence-corrected chi connectivity index (χ3v) is 4.90. The van der Waals surface area contributed by atoms with Crippen LogP contribution in [0.5, 0.6) is 0 Å². The Hall–Kier alpha value is -0.520. The monoisotopic (exact) mass is 272 g/mol. The fraction of sp³-hybridized carbons (Fsp3) is 0.583. The van der Waals surface area contributed by atoms with E-state index in [0.29, 0.717) is 12.3 Å². The van der Waals surface area contributed by atoms with Crippen molar-refractivity contribution in [2.24, 2.45) is 0 Å². The predicted octanol–water partition coefficient (Wildman–Crippen LogP) is 2.30. The predicted molar refractivity (Wildman–Crippen MR) is 75.8 cm³/mol. The lowest BCUT2D eigenvalue weighted by Crippen LogP contribution is -2.48. The van der Waals surface area contributed by atoms with Crippen LogP contribution in [0.25, 0.3) is 0 Å². The Kier molecular flexibility index (Phi) is 5.49. The Morgan fingerprint density at radius 1 is 1.53 bits per heavy atom. The van der Waals surface area contributed by atoms with Crippen LogP contribution in [-0.4, -0.2) is 42.7 Å². The molecule has 0 fully saturated rings. The first kappa shape index (κ1) is 14.5. The number of carbonyl (C=O) groups is 1. The van der Waals surface area contributed by atoms with Crippen LogP contribution in [-0.2, 0) is 4.79 Å². The maximum Gasteiger partial charge on any atom is 0.230 e. The van der Waals surface area contributed by atoms with Gasteiger partial charge >= 0.3 is 0 Å². The van der Waals surface area contributed by atoms with Gasteiger partial charge in [-0.05, 0) is 39.4 Å². The molecule has 0 saturated carbocycles. The van der Waals surface area contributed by atoms with Crippen molar-refractivity contribution in [3.8, 4) is 0 Å². The van der Waals surface area contributed by atoms with E-state index in [4.69, 9.17) is 0 Å². The first-order chi connectivity index (χ1) is 7.92. The average molecular weight is 272 g/mol. The fourth-order valence-electron chi connectivity index (χ4n) is 1.01. The van der Waals surface area contributed by atoms with Gasteiger partial charge in [0.25, 0.3) is 0 Å². The van der Waals surface area contributed by atoms with E-state index < -0.39 is 0 Å². The molecule has 0 aliphatic heterocycles. The maximum atomic E-state index is 11.7. The molecule has 0 aliphatic carbocycles. The van der Waals surface area contributed by atoms with Gasteiger partial charge in [0.05, 0.1) is 9.96 Å². The van der Waals surface area contributed by atoms with Crippen molar-refractivity contribution in [3.63, 3.8) is 0 Å². The Bertz CT molecular complexity index is 347. The lowest BCUT2D eigenvalue weighted by molar-refractivity contribution is -0.119. The Labute approximate surface area is 112 Å². The van der Waals surface area contributed by atoms with Crippen molar-refractivity contribution in [2.45, 2.75) is 23.6 Å². The molecule has 17 heavy (non-hydrogen) atoms. The first-order valence-electron chi connectivity index (χ1n) is 5.52. The summed E-state index contributed by atoms with van der Waals surface area (Å²) in [7, 11) is 4.04. The van der Waals surface area contributed by atoms with Crippen molar-refractivity contribution in [1.82, 2.24) is 10.2 Å². The largest absolute Gasteiger partial charge is 0.354 e. The number of hydrogen-bond donors (Lipinski definition) is 1. The van der Waals surface area contributed by atoms with E-state index in [9.17, 15) is 4.79 Å². The fourth-order valence-corrected chi connectivity index (χ4v) is 2.62. The van der Waals surface area contributed by atoms with Crippen LogP contribution in [0.1, 0.15) is 13.8 Å². The summed E-state index contributed by atoms with van der Waals surface area (Å²) in [6.07, 6.45) is 0. The summed E-state index contributed by atoms with van der Waals surface area (Å²) >= 11 is 3.26. The van der Waals surface area contributed by atoms with Crippen LogP contribution in [0.2, 0.25) is 0 Å². The van der Waals surface area contributed by atoms with Gasteiger partial charge in [-0.3, -0.25) is 4.79 Å². The molecule has 1 rings (SSSR count). The van der Waals surface area contributed by atoms with Gasteiger partial charge in [-0.25, -0.2) is 0 Å². The minimum atomic E-state index is -0.0107. The third-order valence-electron chi connectivity index (χ3n) is 2.77. The zero-order chi connectivity index (χ0) is 12.9. The van der Waals surface area contributed by atoms with Gasteiger partial charge in [-0.15, -0.1) is 23.1 Å². The summed E-state index contributed by atoms with van der Waals surface area (Å²) in [4.78, 5) is 13.8. The zero-order valence-electron chi connectivity index (χ0n) is 10.8. The van der Waals surface area contributed by atoms with Crippen LogP contribution in [0.15, 0.2) is 21.7 Å². The highest BCUT2D eigenvalue weighted by atomic mass is 32.2. The third kappa shape index (κ3) is 5.10. The molecule has 1 N–H and O–H groups in total. The van der Waals surface area contributed by atoms with Gasteiger partial charge in [0.15, 0.2) is 0 Å². The molecule has 0 spiro atoms. The van der Waals surface area contributed by atoms with E-state index in [1.54, 1.807) is 23.1 Å². The van der Waals surface area contributed by atoms with Crippen LogP contribution < -0.4 is 5.32 Å². The van der Waals surface area contributed by atoms with Crippen molar-refractivity contribution in [3.05, 3.63) is 17.5 Å². The molecule has 0 unspecified atom stereocenters. The lowest BCUT2D eigenvalue weighted by atomic mass is 10.0. The summed E-state index contributed by atoms with van der Waals surface area (Å²) in [5.74, 6) is 0.586. The highest BCUT2D eigenvalue weighted by Gasteiger charge is 2.20. The summed E-state index contributed by atoms with van der Waals surface area (Å²) in [6.45, 7) is 4.89. The molecular formula is C12H20N2OS2. The second kappa shape index (κ2) is 6.42. The quantitative estimate of drug-likeness (QED) is 0.807. The summed E-state index contributed by atoms with van der Waals surface area (Å²) in [6, 6.07) is 4.03. The molecule has 0 atom stereocenters. The number of nitrogens with one attached hydrogen (secondary N) is 1. The van der Waals surface area contributed by atoms with E-state index in [-0.39, 0.29) is 11.4 Å². The van der Waals surface area contributed by atoms with E-state index in [1.165, 1.54) is 4.21 Å². The number of nitrogens with zero attached hydrogens (tertiary/aromatic N) is 1. The van der Waals surface area contributed by atoms with Crippen LogP contribution in [0.4, 0.5) is 0 Å². The topological polar surface area (TPSA) is 32.3 Å². The highest BCUT2D eigenvalue weighted by Crippen LogP contribution is 2.22. The normalized spacial score (nSPS) is 11.8. The van der Waals surface area contributed by atoms with E-state index in [1.807, 2.05) is 31.6 Å². The van der Waals surface area contributed by atoms with Crippen LogP contribution in [0.3, 0.4) is 0 Å². The maximum absolute atomic E-state index is 11.7. The van der Waals surface area contributed by atoms with E-state index in [0.717, 1.165) is 0 Å². The number of carbonyl (C=O) groups excluding carboxylic acids is 1. The van der Waals surface area contributed by atoms with Crippen molar-refractivity contribution < 1.29 is 4.79 Å². The molecule has 96 valence electrons. The van der Waals surface area contributed by atoms with Gasteiger partial charge in [0, 0.05) is 12.1 Å². The van der Waals surface area contributed by atoms with E-state index in [2.05, 4.69) is 24.1 Å². The number of thiophene rings is 1. The summed E-state index contributed by atoms with van der Waals surface area (Å²) in [5.41, 5.74) is -0.0107. The van der Waals surface area contributed by atoms with Crippen molar-refractivity contribution in [1.29, 1.82) is 0 Å². The Morgan fingerprint density at radius 2 is 2.24 bits per heavy atom. The molecule has 3 nitrogen and oxygen atoms in total. The molecule has 5 heteroatoms. The Balaban J connectivity index is 2.26. The molecule has 0 saturated heterocycles. The highest BCUT2D eigenvalue weighted by molar-refractivity contribution is 8.01. The second-order valence-electron chi connectivity index (χ2n) is 4.70. The van der Waals surface area contributed by atoms with Gasteiger partial charge in [0.2, 0.25) is 5.91 Å². The Morgan fingerprint density at radius 3 is 2.76 bits per heavy atom. The van der Waals surface area contributed by atoms with Crippen LogP contribution >= 0.6 is 23.1 Å². The molecule has 1 aromatic rings. The molecular weight excluding hydrogens is 252 g/mol. The molecule has 1 heterocycles. The van der Waals surface area contributed by atoms with Crippen molar-refractivity contribution in [2.75, 3.05) is 26.4 Å². The number of hydrogen-bond acceptors (Lipinski definition) is 4. The first-order valence-corrected chi connectivity index (χ1v) is 7.39. The van der Waals surface area contributed by atoms with Gasteiger partial charge in [0.1, 0.15) is 0 Å². The standard InChI is InChI=1S/C12H20N2OS2/c1-12(2,14(3)4)9-13-10(15)8-17-11-6-5-7-16-11/h5-7H,8-9H2,1-4H3,(H,13,15). The summed E-state index contributed by atoms with van der Waals surface area (Å²) in [5, 5.41) is 4.99. The van der Waals surface area contributed by atoms with Crippen molar-refractivity contribution >= 4 is 29.0 Å². The summed E-state index contributed by atoms with van der Waals surface area (Å²) < 4.78 is 1.19. The second-order valence-corrected chi connectivity index (χ2v) is 6.93. The number of likely N-dealkylation sites (N-methyl/N-ethyl adjacent to an activating group) is 1. The number of thioether (sulfide) groups is 1. The molecule has 1 amide bonds. The van der Waals surface area contributed by atoms with Gasteiger partial charge in [-0.1, -0.05) is 6.07 Å². The lowest BCUT2D eigenvalue weighted by Gasteiger charge is -2.32. The molecule has 0 aliphatic rings. The van der Waals surface area contributed by atoms with E-state index >= 15 is 0 Å². The van der Waals surface area contributed by atoms with Gasteiger partial charge < -0.3 is 10.2 Å². The number of amides is 1. The molecule has 0 aromatic carbocycles. The molecule has 1 aromatic heterocycles. The molecule has 0 bridgehead atoms. The minimum Gasteiger partial charge on any atom is -0.354 e. The smallest absolute Gasteiger partial charge is 0.230 e. The average Bonchev–Trinajstić information content (AvgIpc) is 2.76. The molecule has 0 radical (unpaired) electrons. The van der Waals surface area contributed by atoms with Gasteiger partial charge in [-0.2, -0.15) is 0 Å². The number of rotatable bonds is 6. The zero-order valence-corrected chi connectivity index (χ0v) is 12.5. The SMILES string of the molecule is CN(C)C(C)(C)CNC(=O)CSc1cccs1. The minimum absolute atomic E-state index is 0.0107. The van der Waals surface area contributed by atoms with Crippen LogP contribution in [0, 0.1) is 0 Å².